The van der Waals surface area contributed by atoms with Crippen LogP contribution in [0.1, 0.15) is 62.5 Å². The van der Waals surface area contributed by atoms with Crippen molar-refractivity contribution in [2.45, 2.75) is 62.8 Å². The Morgan fingerprint density at radius 3 is 2.11 bits per heavy atom. The van der Waals surface area contributed by atoms with Crippen molar-refractivity contribution in [3.05, 3.63) is 53.6 Å². The lowest BCUT2D eigenvalue weighted by Crippen LogP contribution is -2.48. The number of aromatic hydroxyl groups is 1. The summed E-state index contributed by atoms with van der Waals surface area (Å²) in [6, 6.07) is 15.6. The van der Waals surface area contributed by atoms with Crippen LogP contribution < -0.4 is 0 Å². The van der Waals surface area contributed by atoms with Crippen LogP contribution in [-0.4, -0.2) is 17.4 Å². The normalized spacial score (nSPS) is 33.6. The zero-order chi connectivity index (χ0) is 18.7. The highest BCUT2D eigenvalue weighted by Gasteiger charge is 2.52. The van der Waals surface area contributed by atoms with Crippen molar-refractivity contribution in [2.75, 3.05) is 0 Å². The molecule has 0 atom stereocenters. The van der Waals surface area contributed by atoms with E-state index >= 15 is 0 Å². The van der Waals surface area contributed by atoms with Crippen molar-refractivity contribution in [2.24, 2.45) is 22.7 Å². The lowest BCUT2D eigenvalue weighted by molar-refractivity contribution is -0.00611. The van der Waals surface area contributed by atoms with E-state index in [1.165, 1.54) is 68.1 Å². The summed E-state index contributed by atoms with van der Waals surface area (Å²) in [6.45, 7) is 0. The van der Waals surface area contributed by atoms with Gasteiger partial charge in [-0.05, 0) is 97.8 Å². The maximum atomic E-state index is 11.4. The first kappa shape index (κ1) is 16.8. The third-order valence-electron chi connectivity index (χ3n) is 7.83. The number of aliphatic imine (C=N–C) groups is 1. The summed E-state index contributed by atoms with van der Waals surface area (Å²) in [5, 5.41) is 11.4. The number of nitrogens with zero attached hydrogens (tertiary/aromatic N) is 1. The number of phenols is 1. The van der Waals surface area contributed by atoms with Gasteiger partial charge in [0, 0.05) is 17.3 Å². The van der Waals surface area contributed by atoms with Gasteiger partial charge in [0.25, 0.3) is 0 Å². The van der Waals surface area contributed by atoms with Crippen molar-refractivity contribution in [3.63, 3.8) is 0 Å². The van der Waals surface area contributed by atoms with Gasteiger partial charge >= 0.3 is 0 Å². The molecule has 2 heteroatoms. The minimum atomic E-state index is 0.186. The molecule has 2 nitrogen and oxygen atoms in total. The first-order valence-electron chi connectivity index (χ1n) is 11.1. The Morgan fingerprint density at radius 1 is 0.857 bits per heavy atom. The summed E-state index contributed by atoms with van der Waals surface area (Å²) in [7, 11) is 0. The van der Waals surface area contributed by atoms with E-state index in [0.29, 0.717) is 11.8 Å². The summed E-state index contributed by atoms with van der Waals surface area (Å²) in [4.78, 5) is 4.70. The molecule has 0 unspecified atom stereocenters. The van der Waals surface area contributed by atoms with Gasteiger partial charge in [0.2, 0.25) is 0 Å². The number of phenolic OH excluding ortho intramolecular Hbond substituents is 1. The van der Waals surface area contributed by atoms with Crippen LogP contribution in [-0.2, 0) is 5.41 Å². The minimum absolute atomic E-state index is 0.186. The van der Waals surface area contributed by atoms with Gasteiger partial charge in [-0.2, -0.15) is 0 Å². The van der Waals surface area contributed by atoms with Crippen LogP contribution in [0.5, 0.6) is 5.75 Å². The molecule has 0 saturated heterocycles. The molecule has 0 aliphatic heterocycles. The Hall–Kier alpha value is -2.09. The predicted octanol–water partition coefficient (Wildman–Crippen LogP) is 6.11. The molecule has 4 bridgehead atoms. The van der Waals surface area contributed by atoms with Gasteiger partial charge in [0.05, 0.1) is 6.04 Å². The van der Waals surface area contributed by atoms with Gasteiger partial charge in [0.1, 0.15) is 5.75 Å². The highest BCUT2D eigenvalue weighted by atomic mass is 16.3. The van der Waals surface area contributed by atoms with Crippen molar-refractivity contribution in [3.8, 4) is 16.9 Å². The Morgan fingerprint density at radius 2 is 1.50 bits per heavy atom. The van der Waals surface area contributed by atoms with E-state index in [1.54, 1.807) is 0 Å². The Bertz CT molecular complexity index is 890. The molecular formula is C26H29NO. The fraction of sp³-hybridized carbons (Fsp3) is 0.500. The van der Waals surface area contributed by atoms with E-state index in [9.17, 15) is 5.11 Å². The molecule has 5 aliphatic carbocycles. The smallest absolute Gasteiger partial charge is 0.128 e. The largest absolute Gasteiger partial charge is 0.507 e. The van der Waals surface area contributed by atoms with Crippen LogP contribution in [0.25, 0.3) is 11.1 Å². The van der Waals surface area contributed by atoms with Crippen molar-refractivity contribution in [1.82, 2.24) is 0 Å². The molecule has 7 rings (SSSR count). The average molecular weight is 372 g/mol. The van der Waals surface area contributed by atoms with E-state index in [1.807, 2.05) is 6.21 Å². The molecule has 0 spiro atoms. The molecule has 0 aromatic heterocycles. The number of hydrogen-bond acceptors (Lipinski definition) is 2. The fourth-order valence-corrected chi connectivity index (χ4v) is 6.81. The highest BCUT2D eigenvalue weighted by Crippen LogP contribution is 2.62. The molecule has 5 fully saturated rings. The molecular weight excluding hydrogens is 342 g/mol. The van der Waals surface area contributed by atoms with E-state index < -0.39 is 0 Å². The van der Waals surface area contributed by atoms with Crippen LogP contribution in [0.15, 0.2) is 47.5 Å². The molecule has 5 saturated carbocycles. The van der Waals surface area contributed by atoms with Crippen LogP contribution in [0.4, 0.5) is 0 Å². The van der Waals surface area contributed by atoms with Crippen LogP contribution in [0, 0.1) is 17.8 Å². The zero-order valence-electron chi connectivity index (χ0n) is 16.5. The zero-order valence-corrected chi connectivity index (χ0v) is 16.5. The van der Waals surface area contributed by atoms with Crippen LogP contribution in [0.3, 0.4) is 0 Å². The third kappa shape index (κ3) is 2.80. The minimum Gasteiger partial charge on any atom is -0.507 e. The van der Waals surface area contributed by atoms with E-state index in [0.717, 1.165) is 23.3 Å². The lowest BCUT2D eigenvalue weighted by Gasteiger charge is -2.57. The SMILES string of the molecule is Oc1c(C=NC2CC2)cc(-c2ccccc2)cc1C12CC3CC(CC(C3)C1)C2. The summed E-state index contributed by atoms with van der Waals surface area (Å²) < 4.78 is 0. The molecule has 144 valence electrons. The standard InChI is InChI=1S/C26H29NO/c28-25-22(16-27-23-6-7-23)11-21(20-4-2-1-3-5-20)12-24(25)26-13-17-8-18(14-26)10-19(9-17)15-26/h1-5,11-12,16-19,23,28H,6-10,13-15H2. The first-order chi connectivity index (χ1) is 13.7. The second-order valence-corrected chi connectivity index (χ2v) is 10.0. The summed E-state index contributed by atoms with van der Waals surface area (Å²) in [5.41, 5.74) is 4.77. The fourth-order valence-electron chi connectivity index (χ4n) is 6.81. The summed E-state index contributed by atoms with van der Waals surface area (Å²) in [6.07, 6.45) is 12.4. The highest BCUT2D eigenvalue weighted by molar-refractivity contribution is 5.87. The quantitative estimate of drug-likeness (QED) is 0.646. The van der Waals surface area contributed by atoms with Crippen LogP contribution in [0.2, 0.25) is 0 Å². The number of hydrogen-bond donors (Lipinski definition) is 1. The van der Waals surface area contributed by atoms with Gasteiger partial charge in [-0.15, -0.1) is 0 Å². The van der Waals surface area contributed by atoms with Gasteiger partial charge in [-0.3, -0.25) is 4.99 Å². The van der Waals surface area contributed by atoms with Crippen LogP contribution >= 0.6 is 0 Å². The summed E-state index contributed by atoms with van der Waals surface area (Å²) in [5.74, 6) is 3.12. The van der Waals surface area contributed by atoms with Gasteiger partial charge in [-0.1, -0.05) is 30.3 Å². The predicted molar refractivity (Wildman–Crippen MR) is 114 cm³/mol. The number of rotatable bonds is 4. The topological polar surface area (TPSA) is 32.6 Å². The molecule has 5 aliphatic rings. The molecule has 28 heavy (non-hydrogen) atoms. The third-order valence-corrected chi connectivity index (χ3v) is 7.83. The average Bonchev–Trinajstić information content (AvgIpc) is 3.51. The second kappa shape index (κ2) is 6.20. The Kier molecular flexibility index (Phi) is 3.73. The van der Waals surface area contributed by atoms with E-state index in [2.05, 4.69) is 42.5 Å². The molecule has 0 radical (unpaired) electrons. The Labute approximate surface area is 167 Å². The van der Waals surface area contributed by atoms with Crippen molar-refractivity contribution in [1.29, 1.82) is 0 Å². The van der Waals surface area contributed by atoms with Gasteiger partial charge in [-0.25, -0.2) is 0 Å². The molecule has 0 heterocycles. The lowest BCUT2D eigenvalue weighted by atomic mass is 9.48. The molecule has 0 amide bonds. The second-order valence-electron chi connectivity index (χ2n) is 10.0. The first-order valence-corrected chi connectivity index (χ1v) is 11.1. The molecule has 1 N–H and O–H groups in total. The van der Waals surface area contributed by atoms with Crippen molar-refractivity contribution >= 4 is 6.21 Å². The van der Waals surface area contributed by atoms with Crippen molar-refractivity contribution < 1.29 is 5.11 Å². The summed E-state index contributed by atoms with van der Waals surface area (Å²) >= 11 is 0. The maximum Gasteiger partial charge on any atom is 0.128 e. The maximum absolute atomic E-state index is 11.4. The van der Waals surface area contributed by atoms with E-state index in [4.69, 9.17) is 4.99 Å². The molecule has 2 aromatic carbocycles. The Balaban J connectivity index is 1.49. The molecule has 2 aromatic rings. The van der Waals surface area contributed by atoms with Gasteiger partial charge in [0.15, 0.2) is 0 Å². The van der Waals surface area contributed by atoms with E-state index in [-0.39, 0.29) is 5.41 Å². The van der Waals surface area contributed by atoms with Gasteiger partial charge < -0.3 is 5.11 Å². The number of benzene rings is 2. The monoisotopic (exact) mass is 371 g/mol.